The quantitative estimate of drug-likeness (QED) is 0.0501. The summed E-state index contributed by atoms with van der Waals surface area (Å²) in [4.78, 5) is 0. The van der Waals surface area contributed by atoms with Crippen LogP contribution in [-0.4, -0.2) is 40.9 Å². The number of para-hydroxylation sites is 1. The molecule has 0 aliphatic carbocycles. The highest BCUT2D eigenvalue weighted by Gasteiger charge is 2.33. The van der Waals surface area contributed by atoms with Gasteiger partial charge in [0.15, 0.2) is 23.0 Å². The molecule has 0 fully saturated rings. The molecule has 9 heteroatoms. The number of fused-ring (bicyclic) bond motifs is 7. The van der Waals surface area contributed by atoms with Gasteiger partial charge in [-0.05, 0) is 62.0 Å². The van der Waals surface area contributed by atoms with Crippen LogP contribution in [0.15, 0.2) is 126 Å². The SMILES string of the molecule is Oc1c(O)c(O)c2c(-c3ccc(-c4cccc5ccccc45)c4ccccc34)c3c(O)c(O)c(O)c(O)c3c(-c3ccc4oc5ccccc5c4c3)c2c1O. The summed E-state index contributed by atoms with van der Waals surface area (Å²) < 4.78 is 6.03. The van der Waals surface area contributed by atoms with E-state index in [9.17, 15) is 40.9 Å². The van der Waals surface area contributed by atoms with Gasteiger partial charge in [-0.1, -0.05) is 103 Å². The summed E-state index contributed by atoms with van der Waals surface area (Å²) in [6, 6.07) is 37.4. The molecule has 9 aromatic carbocycles. The lowest BCUT2D eigenvalue weighted by molar-refractivity contribution is 0.350. The Kier molecular flexibility index (Phi) is 6.59. The largest absolute Gasteiger partial charge is 0.504 e. The maximum Gasteiger partial charge on any atom is 0.204 e. The molecule has 0 saturated carbocycles. The molecule has 10 aromatic rings. The molecule has 10 rings (SSSR count). The molecular weight excluding hydrogens is 696 g/mol. The van der Waals surface area contributed by atoms with Gasteiger partial charge in [0.2, 0.25) is 23.0 Å². The zero-order chi connectivity index (χ0) is 37.9. The van der Waals surface area contributed by atoms with Gasteiger partial charge in [0.1, 0.15) is 11.2 Å². The van der Waals surface area contributed by atoms with Crippen LogP contribution < -0.4 is 0 Å². The summed E-state index contributed by atoms with van der Waals surface area (Å²) in [5, 5.41) is 95.4. The number of rotatable bonds is 3. The highest BCUT2D eigenvalue weighted by Crippen LogP contribution is 2.62. The Bertz CT molecular complexity index is 3220. The van der Waals surface area contributed by atoms with E-state index in [0.717, 1.165) is 32.7 Å². The van der Waals surface area contributed by atoms with Gasteiger partial charge in [0.25, 0.3) is 0 Å². The molecule has 9 nitrogen and oxygen atoms in total. The molecule has 0 amide bonds. The van der Waals surface area contributed by atoms with Gasteiger partial charge in [-0.15, -0.1) is 0 Å². The minimum absolute atomic E-state index is 0.0181. The Morgan fingerprint density at radius 1 is 0.309 bits per heavy atom. The molecule has 0 spiro atoms. The van der Waals surface area contributed by atoms with Crippen molar-refractivity contribution in [2.45, 2.75) is 0 Å². The van der Waals surface area contributed by atoms with E-state index in [1.165, 1.54) is 0 Å². The van der Waals surface area contributed by atoms with Gasteiger partial charge < -0.3 is 45.3 Å². The van der Waals surface area contributed by atoms with E-state index in [4.69, 9.17) is 4.42 Å². The number of aromatic hydroxyl groups is 8. The number of phenolic OH excluding ortho intramolecular Hbond substituents is 8. The highest BCUT2D eigenvalue weighted by atomic mass is 16.4. The van der Waals surface area contributed by atoms with Gasteiger partial charge >= 0.3 is 0 Å². The van der Waals surface area contributed by atoms with E-state index >= 15 is 0 Å². The van der Waals surface area contributed by atoms with Crippen LogP contribution in [0.4, 0.5) is 0 Å². The van der Waals surface area contributed by atoms with Crippen LogP contribution in [0.5, 0.6) is 46.0 Å². The molecule has 8 N–H and O–H groups in total. The molecule has 1 aromatic heterocycles. The maximum absolute atomic E-state index is 11.8. The second kappa shape index (κ2) is 11.4. The molecule has 55 heavy (non-hydrogen) atoms. The molecule has 0 aliphatic heterocycles. The van der Waals surface area contributed by atoms with Crippen LogP contribution in [0, 0.1) is 0 Å². The average molecular weight is 725 g/mol. The fourth-order valence-electron chi connectivity index (χ4n) is 8.27. The van der Waals surface area contributed by atoms with Gasteiger partial charge in [0.05, 0.1) is 0 Å². The number of benzene rings is 9. The van der Waals surface area contributed by atoms with Crippen molar-refractivity contribution in [2.24, 2.45) is 0 Å². The zero-order valence-electron chi connectivity index (χ0n) is 28.5. The first-order valence-corrected chi connectivity index (χ1v) is 17.3. The van der Waals surface area contributed by atoms with E-state index in [-0.39, 0.29) is 32.7 Å². The van der Waals surface area contributed by atoms with Crippen LogP contribution in [0.3, 0.4) is 0 Å². The average Bonchev–Trinajstić information content (AvgIpc) is 3.60. The normalized spacial score (nSPS) is 11.9. The van der Waals surface area contributed by atoms with Crippen molar-refractivity contribution in [3.63, 3.8) is 0 Å². The first kappa shape index (κ1) is 31.9. The minimum Gasteiger partial charge on any atom is -0.504 e. The predicted octanol–water partition coefficient (Wildman–Crippen LogP) is 10.8. The second-order valence-electron chi connectivity index (χ2n) is 13.6. The van der Waals surface area contributed by atoms with E-state index in [0.29, 0.717) is 33.1 Å². The first-order chi connectivity index (χ1) is 26.7. The van der Waals surface area contributed by atoms with Crippen molar-refractivity contribution < 1.29 is 45.3 Å². The minimum atomic E-state index is -1.03. The first-order valence-electron chi connectivity index (χ1n) is 17.3. The van der Waals surface area contributed by atoms with Crippen molar-refractivity contribution in [3.05, 3.63) is 121 Å². The van der Waals surface area contributed by atoms with Crippen LogP contribution in [0.1, 0.15) is 0 Å². The number of hydrogen-bond acceptors (Lipinski definition) is 9. The molecule has 1 heterocycles. The standard InChI is InChI=1S/C46H28O9/c47-39-35-33(22-16-19-32-30(20-22)28-13-5-6-15-31(28)55-32)36-38(42(50)46(54)44(52)40(36)48)34(37(35)41(49)45(53)43(39)51)29-18-17-27(25-11-3-4-12-26(25)29)24-14-7-9-21-8-1-2-10-23(21)24/h1-20,47-54H. The smallest absolute Gasteiger partial charge is 0.204 e. The lowest BCUT2D eigenvalue weighted by Gasteiger charge is -2.23. The molecule has 266 valence electrons. The molecule has 0 atom stereocenters. The van der Waals surface area contributed by atoms with Gasteiger partial charge in [-0.3, -0.25) is 0 Å². The third kappa shape index (κ3) is 4.29. The third-order valence-electron chi connectivity index (χ3n) is 10.7. The fourth-order valence-corrected chi connectivity index (χ4v) is 8.27. The van der Waals surface area contributed by atoms with E-state index in [1.807, 2.05) is 91.0 Å². The van der Waals surface area contributed by atoms with Crippen LogP contribution in [-0.2, 0) is 0 Å². The maximum atomic E-state index is 11.8. The second-order valence-corrected chi connectivity index (χ2v) is 13.6. The van der Waals surface area contributed by atoms with E-state index in [2.05, 4.69) is 0 Å². The summed E-state index contributed by atoms with van der Waals surface area (Å²) in [5.41, 5.74) is 3.53. The van der Waals surface area contributed by atoms with E-state index < -0.39 is 46.0 Å². The summed E-state index contributed by atoms with van der Waals surface area (Å²) in [6.45, 7) is 0. The molecule has 0 aliphatic rings. The zero-order valence-corrected chi connectivity index (χ0v) is 28.5. The van der Waals surface area contributed by atoms with Crippen LogP contribution in [0.25, 0.3) is 98.4 Å². The lowest BCUT2D eigenvalue weighted by Crippen LogP contribution is -1.95. The molecule has 0 saturated heterocycles. The van der Waals surface area contributed by atoms with Crippen molar-refractivity contribution in [2.75, 3.05) is 0 Å². The van der Waals surface area contributed by atoms with Gasteiger partial charge in [-0.25, -0.2) is 0 Å². The Hall–Kier alpha value is -7.78. The number of hydrogen-bond donors (Lipinski definition) is 8. The van der Waals surface area contributed by atoms with Crippen molar-refractivity contribution in [3.8, 4) is 79.4 Å². The summed E-state index contributed by atoms with van der Waals surface area (Å²) in [5.74, 6) is -7.50. The summed E-state index contributed by atoms with van der Waals surface area (Å²) >= 11 is 0. The third-order valence-corrected chi connectivity index (χ3v) is 10.7. The Labute approximate surface area is 310 Å². The van der Waals surface area contributed by atoms with Crippen LogP contribution >= 0.6 is 0 Å². The number of phenols is 8. The van der Waals surface area contributed by atoms with E-state index in [1.54, 1.807) is 30.3 Å². The Balaban J connectivity index is 1.42. The molecule has 0 radical (unpaired) electrons. The van der Waals surface area contributed by atoms with Crippen molar-refractivity contribution in [1.82, 2.24) is 0 Å². The summed E-state index contributed by atoms with van der Waals surface area (Å²) in [6.07, 6.45) is 0. The topological polar surface area (TPSA) is 175 Å². The van der Waals surface area contributed by atoms with Crippen molar-refractivity contribution >= 4 is 65.0 Å². The van der Waals surface area contributed by atoms with Crippen molar-refractivity contribution in [1.29, 1.82) is 0 Å². The van der Waals surface area contributed by atoms with Gasteiger partial charge in [-0.2, -0.15) is 0 Å². The summed E-state index contributed by atoms with van der Waals surface area (Å²) in [7, 11) is 0. The number of furan rings is 1. The monoisotopic (exact) mass is 724 g/mol. The van der Waals surface area contributed by atoms with Gasteiger partial charge in [0, 0.05) is 43.4 Å². The molecule has 0 bridgehead atoms. The Morgan fingerprint density at radius 2 is 0.764 bits per heavy atom. The molecule has 0 unspecified atom stereocenters. The van der Waals surface area contributed by atoms with Crippen LogP contribution in [0.2, 0.25) is 0 Å². The lowest BCUT2D eigenvalue weighted by atomic mass is 9.81. The fraction of sp³-hybridized carbons (Fsp3) is 0. The predicted molar refractivity (Wildman–Crippen MR) is 213 cm³/mol. The molecular formula is C46H28O9. The highest BCUT2D eigenvalue weighted by molar-refractivity contribution is 6.31. The Morgan fingerprint density at radius 3 is 1.40 bits per heavy atom.